The van der Waals surface area contributed by atoms with Crippen LogP contribution in [0.4, 0.5) is 5.82 Å². The quantitative estimate of drug-likeness (QED) is 0.647. The van der Waals surface area contributed by atoms with Crippen molar-refractivity contribution in [1.29, 1.82) is 0 Å². The number of ether oxygens (including phenoxy) is 1. The summed E-state index contributed by atoms with van der Waals surface area (Å²) in [6.45, 7) is 2.10. The summed E-state index contributed by atoms with van der Waals surface area (Å²) in [5, 5.41) is 11.1. The van der Waals surface area contributed by atoms with Crippen LogP contribution in [0.25, 0.3) is 22.2 Å². The first-order valence-electron chi connectivity index (χ1n) is 10.1. The molecule has 0 amide bonds. The SMILES string of the molecule is COc1c(S(=O)(=O)N2CCC2)cnc(N2CC[C@H](O)C2)c1-c1cc2ccccc2[nH]1. The van der Waals surface area contributed by atoms with Crippen molar-refractivity contribution in [1.82, 2.24) is 14.3 Å². The molecule has 3 aromatic rings. The number of aromatic amines is 1. The molecule has 2 aliphatic rings. The Morgan fingerprint density at radius 3 is 2.67 bits per heavy atom. The molecule has 2 aromatic heterocycles. The van der Waals surface area contributed by atoms with Crippen molar-refractivity contribution in [2.75, 3.05) is 38.2 Å². The zero-order chi connectivity index (χ0) is 20.9. The number of aliphatic hydroxyl groups excluding tert-OH is 1. The summed E-state index contributed by atoms with van der Waals surface area (Å²) in [6, 6.07) is 9.84. The van der Waals surface area contributed by atoms with Gasteiger partial charge in [-0.25, -0.2) is 13.4 Å². The van der Waals surface area contributed by atoms with Crippen LogP contribution in [0.1, 0.15) is 12.8 Å². The number of sulfonamides is 1. The standard InChI is InChI=1S/C21H24N4O4S/c1-29-20-18(30(27,28)25-8-4-9-25)12-22-21(24-10-7-15(26)13-24)19(20)17-11-14-5-2-3-6-16(14)23-17/h2-3,5-6,11-12,15,23,26H,4,7-10,13H2,1H3/t15-/m0/s1. The molecule has 0 unspecified atom stereocenters. The summed E-state index contributed by atoms with van der Waals surface area (Å²) >= 11 is 0. The van der Waals surface area contributed by atoms with E-state index in [-0.39, 0.29) is 10.6 Å². The van der Waals surface area contributed by atoms with Crippen LogP contribution in [0.5, 0.6) is 5.75 Å². The fourth-order valence-electron chi connectivity index (χ4n) is 4.15. The molecule has 1 aromatic carbocycles. The smallest absolute Gasteiger partial charge is 0.248 e. The van der Waals surface area contributed by atoms with E-state index in [1.54, 1.807) is 0 Å². The molecule has 2 fully saturated rings. The van der Waals surface area contributed by atoms with Gasteiger partial charge in [-0.2, -0.15) is 4.31 Å². The normalized spacial score (nSPS) is 19.9. The van der Waals surface area contributed by atoms with Crippen molar-refractivity contribution in [2.24, 2.45) is 0 Å². The highest BCUT2D eigenvalue weighted by Gasteiger charge is 2.36. The average molecular weight is 429 g/mol. The number of benzene rings is 1. The molecule has 4 heterocycles. The maximum atomic E-state index is 13.2. The van der Waals surface area contributed by atoms with Crippen molar-refractivity contribution in [3.05, 3.63) is 36.5 Å². The van der Waals surface area contributed by atoms with E-state index in [0.29, 0.717) is 44.0 Å². The van der Waals surface area contributed by atoms with Gasteiger partial charge in [0.25, 0.3) is 0 Å². The van der Waals surface area contributed by atoms with Crippen molar-refractivity contribution < 1.29 is 18.3 Å². The average Bonchev–Trinajstić information content (AvgIpc) is 3.30. The predicted octanol–water partition coefficient (Wildman–Crippen LogP) is 2.20. The van der Waals surface area contributed by atoms with E-state index < -0.39 is 16.1 Å². The number of anilines is 1. The summed E-state index contributed by atoms with van der Waals surface area (Å²) in [7, 11) is -2.21. The molecule has 2 saturated heterocycles. The Labute approximate surface area is 175 Å². The Morgan fingerprint density at radius 1 is 1.23 bits per heavy atom. The molecule has 2 aliphatic heterocycles. The minimum Gasteiger partial charge on any atom is -0.494 e. The van der Waals surface area contributed by atoms with Gasteiger partial charge in [0.2, 0.25) is 10.0 Å². The van der Waals surface area contributed by atoms with Crippen LogP contribution < -0.4 is 9.64 Å². The minimum absolute atomic E-state index is 0.0712. The number of para-hydroxylation sites is 1. The summed E-state index contributed by atoms with van der Waals surface area (Å²) in [4.78, 5) is 10.00. The van der Waals surface area contributed by atoms with Gasteiger partial charge in [-0.3, -0.25) is 0 Å². The largest absolute Gasteiger partial charge is 0.494 e. The van der Waals surface area contributed by atoms with Crippen LogP contribution >= 0.6 is 0 Å². The van der Waals surface area contributed by atoms with Gasteiger partial charge >= 0.3 is 0 Å². The van der Waals surface area contributed by atoms with Gasteiger partial charge in [-0.05, 0) is 25.0 Å². The van der Waals surface area contributed by atoms with Gasteiger partial charge in [-0.15, -0.1) is 0 Å². The van der Waals surface area contributed by atoms with Crippen molar-refractivity contribution in [3.63, 3.8) is 0 Å². The van der Waals surface area contributed by atoms with Crippen molar-refractivity contribution >= 4 is 26.7 Å². The van der Waals surface area contributed by atoms with E-state index in [9.17, 15) is 13.5 Å². The molecule has 2 N–H and O–H groups in total. The van der Waals surface area contributed by atoms with E-state index in [0.717, 1.165) is 23.0 Å². The first kappa shape index (κ1) is 19.3. The van der Waals surface area contributed by atoms with Crippen molar-refractivity contribution in [2.45, 2.75) is 23.8 Å². The molecule has 158 valence electrons. The molecular formula is C21H24N4O4S. The number of aromatic nitrogens is 2. The van der Waals surface area contributed by atoms with Crippen LogP contribution in [0, 0.1) is 0 Å². The Morgan fingerprint density at radius 2 is 2.03 bits per heavy atom. The second-order valence-electron chi connectivity index (χ2n) is 7.77. The maximum Gasteiger partial charge on any atom is 0.248 e. The third-order valence-corrected chi connectivity index (χ3v) is 7.77. The second kappa shape index (κ2) is 7.26. The van der Waals surface area contributed by atoms with Crippen LogP contribution in [0.3, 0.4) is 0 Å². The van der Waals surface area contributed by atoms with Crippen LogP contribution in [-0.2, 0) is 10.0 Å². The topological polar surface area (TPSA) is 98.8 Å². The molecular weight excluding hydrogens is 404 g/mol. The zero-order valence-corrected chi connectivity index (χ0v) is 17.5. The highest BCUT2D eigenvalue weighted by atomic mass is 32.2. The van der Waals surface area contributed by atoms with E-state index in [1.807, 2.05) is 35.2 Å². The van der Waals surface area contributed by atoms with E-state index in [4.69, 9.17) is 4.74 Å². The lowest BCUT2D eigenvalue weighted by atomic mass is 10.1. The predicted molar refractivity (Wildman–Crippen MR) is 114 cm³/mol. The monoisotopic (exact) mass is 428 g/mol. The molecule has 0 spiro atoms. The van der Waals surface area contributed by atoms with Gasteiger partial charge in [0.1, 0.15) is 10.7 Å². The second-order valence-corrected chi connectivity index (χ2v) is 9.68. The Balaban J connectivity index is 1.74. The first-order valence-corrected chi connectivity index (χ1v) is 11.5. The summed E-state index contributed by atoms with van der Waals surface area (Å²) in [6.07, 6.45) is 2.45. The lowest BCUT2D eigenvalue weighted by Crippen LogP contribution is -2.42. The van der Waals surface area contributed by atoms with Gasteiger partial charge in [0, 0.05) is 37.1 Å². The van der Waals surface area contributed by atoms with Crippen LogP contribution in [-0.4, -0.2) is 67.2 Å². The summed E-state index contributed by atoms with van der Waals surface area (Å²) in [5.74, 6) is 0.886. The van der Waals surface area contributed by atoms with Crippen LogP contribution in [0.15, 0.2) is 41.4 Å². The Bertz CT molecular complexity index is 1170. The summed E-state index contributed by atoms with van der Waals surface area (Å²) < 4.78 is 33.5. The molecule has 0 aliphatic carbocycles. The fourth-order valence-corrected chi connectivity index (χ4v) is 5.77. The highest BCUT2D eigenvalue weighted by Crippen LogP contribution is 2.43. The molecule has 30 heavy (non-hydrogen) atoms. The minimum atomic E-state index is -3.69. The number of nitrogens with one attached hydrogen (secondary N) is 1. The first-order chi connectivity index (χ1) is 14.5. The molecule has 0 bridgehead atoms. The molecule has 5 rings (SSSR count). The van der Waals surface area contributed by atoms with Gasteiger partial charge < -0.3 is 19.7 Å². The Kier molecular flexibility index (Phi) is 4.68. The number of nitrogens with zero attached hydrogens (tertiary/aromatic N) is 3. The summed E-state index contributed by atoms with van der Waals surface area (Å²) in [5.41, 5.74) is 2.28. The number of hydrogen-bond donors (Lipinski definition) is 2. The number of rotatable bonds is 5. The van der Waals surface area contributed by atoms with Gasteiger partial charge in [-0.1, -0.05) is 18.2 Å². The molecule has 1 atom stereocenters. The Hall–Kier alpha value is -2.62. The van der Waals surface area contributed by atoms with Crippen molar-refractivity contribution in [3.8, 4) is 17.0 Å². The molecule has 9 heteroatoms. The number of aliphatic hydroxyl groups is 1. The maximum absolute atomic E-state index is 13.2. The lowest BCUT2D eigenvalue weighted by Gasteiger charge is -2.31. The van der Waals surface area contributed by atoms with E-state index in [1.165, 1.54) is 17.6 Å². The fraction of sp³-hybridized carbons (Fsp3) is 0.381. The highest BCUT2D eigenvalue weighted by molar-refractivity contribution is 7.89. The number of methoxy groups -OCH3 is 1. The number of hydrogen-bond acceptors (Lipinski definition) is 6. The van der Waals surface area contributed by atoms with Gasteiger partial charge in [0.05, 0.1) is 30.7 Å². The van der Waals surface area contributed by atoms with E-state index in [2.05, 4.69) is 9.97 Å². The third-order valence-electron chi connectivity index (χ3n) is 5.88. The lowest BCUT2D eigenvalue weighted by molar-refractivity contribution is 0.198. The zero-order valence-electron chi connectivity index (χ0n) is 16.7. The van der Waals surface area contributed by atoms with Gasteiger partial charge in [0.15, 0.2) is 5.75 Å². The molecule has 8 nitrogen and oxygen atoms in total. The molecule has 0 radical (unpaired) electrons. The number of fused-ring (bicyclic) bond motifs is 1. The van der Waals surface area contributed by atoms with E-state index >= 15 is 0 Å². The number of H-pyrrole nitrogens is 1. The number of β-amino-alcohol motifs (C(OH)–C–C–N with tert-alkyl or cyclic N) is 1. The number of pyridine rings is 1. The molecule has 0 saturated carbocycles. The van der Waals surface area contributed by atoms with Crippen LogP contribution in [0.2, 0.25) is 0 Å². The third kappa shape index (κ3) is 3.05.